The Balaban J connectivity index is 1.85. The van der Waals surface area contributed by atoms with Crippen LogP contribution in [-0.4, -0.2) is 16.0 Å². The average molecular weight is 276 g/mol. The molecule has 3 nitrogen and oxygen atoms in total. The summed E-state index contributed by atoms with van der Waals surface area (Å²) < 4.78 is 0. The summed E-state index contributed by atoms with van der Waals surface area (Å²) in [7, 11) is 0. The van der Waals surface area contributed by atoms with Gasteiger partial charge in [0.15, 0.2) is 0 Å². The first-order valence-corrected chi connectivity index (χ1v) is 7.17. The van der Waals surface area contributed by atoms with Gasteiger partial charge in [0.1, 0.15) is 5.82 Å². The Kier molecular flexibility index (Phi) is 3.58. The lowest BCUT2D eigenvalue weighted by molar-refractivity contribution is 0.383. The van der Waals surface area contributed by atoms with Crippen molar-refractivity contribution in [2.24, 2.45) is 5.73 Å². The molecule has 1 fully saturated rings. The molecule has 19 heavy (non-hydrogen) atoms. The maximum atomic E-state index is 6.21. The number of hydrogen-bond acceptors (Lipinski definition) is 2. The molecule has 0 bridgehead atoms. The van der Waals surface area contributed by atoms with Gasteiger partial charge in [0.2, 0.25) is 0 Å². The summed E-state index contributed by atoms with van der Waals surface area (Å²) >= 11 is 6.21. The van der Waals surface area contributed by atoms with Crippen LogP contribution in [0.4, 0.5) is 0 Å². The molecule has 3 N–H and O–H groups in total. The number of hydrogen-bond donors (Lipinski definition) is 2. The minimum atomic E-state index is 0.313. The normalized spacial score (nSPS) is 23.5. The van der Waals surface area contributed by atoms with Crippen LogP contribution in [-0.2, 0) is 0 Å². The largest absolute Gasteiger partial charge is 0.342 e. The van der Waals surface area contributed by atoms with Gasteiger partial charge in [-0.3, -0.25) is 0 Å². The number of nitrogens with one attached hydrogen (secondary N) is 1. The molecule has 1 aromatic heterocycles. The number of rotatable bonds is 2. The fourth-order valence-corrected chi connectivity index (χ4v) is 3.07. The maximum Gasteiger partial charge on any atom is 0.109 e. The lowest BCUT2D eigenvalue weighted by atomic mass is 9.86. The first-order chi connectivity index (χ1) is 9.24. The Morgan fingerprint density at radius 2 is 2.11 bits per heavy atom. The molecule has 1 aliphatic carbocycles. The van der Waals surface area contributed by atoms with Crippen molar-refractivity contribution in [2.75, 3.05) is 0 Å². The molecule has 4 heteroatoms. The van der Waals surface area contributed by atoms with E-state index in [1.54, 1.807) is 0 Å². The SMILES string of the molecule is NC1CCCC(c2ncc(-c3ccccc3Cl)[nH]2)C1. The number of aromatic amines is 1. The van der Waals surface area contributed by atoms with E-state index in [0.717, 1.165) is 34.9 Å². The van der Waals surface area contributed by atoms with E-state index in [4.69, 9.17) is 17.3 Å². The summed E-state index contributed by atoms with van der Waals surface area (Å²) in [5.74, 6) is 1.50. The predicted molar refractivity (Wildman–Crippen MR) is 78.2 cm³/mol. The summed E-state index contributed by atoms with van der Waals surface area (Å²) in [6.07, 6.45) is 6.39. The van der Waals surface area contributed by atoms with Gasteiger partial charge in [-0.15, -0.1) is 0 Å². The van der Waals surface area contributed by atoms with Crippen molar-refractivity contribution in [1.29, 1.82) is 0 Å². The molecule has 0 saturated heterocycles. The Bertz CT molecular complexity index is 564. The van der Waals surface area contributed by atoms with Crippen molar-refractivity contribution >= 4 is 11.6 Å². The zero-order valence-corrected chi connectivity index (χ0v) is 11.5. The van der Waals surface area contributed by atoms with Gasteiger partial charge >= 0.3 is 0 Å². The first-order valence-electron chi connectivity index (χ1n) is 6.79. The van der Waals surface area contributed by atoms with Crippen LogP contribution in [0, 0.1) is 0 Å². The van der Waals surface area contributed by atoms with Gasteiger partial charge in [0.05, 0.1) is 11.9 Å². The highest BCUT2D eigenvalue weighted by Gasteiger charge is 2.23. The van der Waals surface area contributed by atoms with Crippen LogP contribution in [0.1, 0.15) is 37.4 Å². The molecule has 3 rings (SSSR count). The Hall–Kier alpha value is -1.32. The van der Waals surface area contributed by atoms with Gasteiger partial charge in [0.25, 0.3) is 0 Å². The van der Waals surface area contributed by atoms with E-state index in [0.29, 0.717) is 12.0 Å². The second-order valence-corrected chi connectivity index (χ2v) is 5.69. The third-order valence-corrected chi connectivity index (χ3v) is 4.19. The predicted octanol–water partition coefficient (Wildman–Crippen LogP) is 3.72. The van der Waals surface area contributed by atoms with Gasteiger partial charge in [-0.25, -0.2) is 4.98 Å². The second-order valence-electron chi connectivity index (χ2n) is 5.29. The molecular formula is C15H18ClN3. The van der Waals surface area contributed by atoms with Gasteiger partial charge in [0, 0.05) is 22.5 Å². The fraction of sp³-hybridized carbons (Fsp3) is 0.400. The lowest BCUT2D eigenvalue weighted by Crippen LogP contribution is -2.27. The van der Waals surface area contributed by atoms with Crippen molar-refractivity contribution in [3.63, 3.8) is 0 Å². The quantitative estimate of drug-likeness (QED) is 0.878. The number of nitrogens with zero attached hydrogens (tertiary/aromatic N) is 1. The van der Waals surface area contributed by atoms with Crippen molar-refractivity contribution in [1.82, 2.24) is 9.97 Å². The standard InChI is InChI=1S/C15H18ClN3/c16-13-7-2-1-6-12(13)14-9-18-15(19-14)10-4-3-5-11(17)8-10/h1-2,6-7,9-11H,3-5,8,17H2,(H,18,19). The summed E-state index contributed by atoms with van der Waals surface area (Å²) in [4.78, 5) is 7.93. The van der Waals surface area contributed by atoms with E-state index in [-0.39, 0.29) is 0 Å². The Morgan fingerprint density at radius 3 is 2.89 bits per heavy atom. The fourth-order valence-electron chi connectivity index (χ4n) is 2.84. The molecule has 1 aliphatic rings. The highest BCUT2D eigenvalue weighted by atomic mass is 35.5. The lowest BCUT2D eigenvalue weighted by Gasteiger charge is -2.24. The highest BCUT2D eigenvalue weighted by Crippen LogP contribution is 2.32. The monoisotopic (exact) mass is 275 g/mol. The summed E-state index contributed by atoms with van der Waals surface area (Å²) in [6.45, 7) is 0. The second kappa shape index (κ2) is 5.35. The smallest absolute Gasteiger partial charge is 0.109 e. The molecule has 100 valence electrons. The zero-order chi connectivity index (χ0) is 13.2. The van der Waals surface area contributed by atoms with Crippen molar-refractivity contribution < 1.29 is 0 Å². The minimum absolute atomic E-state index is 0.313. The molecule has 2 unspecified atom stereocenters. The number of nitrogens with two attached hydrogens (primary N) is 1. The highest BCUT2D eigenvalue weighted by molar-refractivity contribution is 6.33. The third kappa shape index (κ3) is 2.67. The molecule has 0 aliphatic heterocycles. The molecule has 0 amide bonds. The molecule has 0 radical (unpaired) electrons. The van der Waals surface area contributed by atoms with E-state index < -0.39 is 0 Å². The van der Waals surface area contributed by atoms with Crippen molar-refractivity contribution in [3.05, 3.63) is 41.3 Å². The van der Waals surface area contributed by atoms with Crippen molar-refractivity contribution in [2.45, 2.75) is 37.6 Å². The zero-order valence-electron chi connectivity index (χ0n) is 10.8. The molecular weight excluding hydrogens is 258 g/mol. The molecule has 2 aromatic rings. The van der Waals surface area contributed by atoms with Crippen LogP contribution in [0.25, 0.3) is 11.3 Å². The van der Waals surface area contributed by atoms with E-state index in [2.05, 4.69) is 9.97 Å². The van der Waals surface area contributed by atoms with Gasteiger partial charge in [-0.05, 0) is 25.3 Å². The van der Waals surface area contributed by atoms with Crippen LogP contribution >= 0.6 is 11.6 Å². The number of benzene rings is 1. The number of aromatic nitrogens is 2. The number of H-pyrrole nitrogens is 1. The maximum absolute atomic E-state index is 6.21. The number of halogens is 1. The number of imidazole rings is 1. The third-order valence-electron chi connectivity index (χ3n) is 3.86. The van der Waals surface area contributed by atoms with E-state index >= 15 is 0 Å². The topological polar surface area (TPSA) is 54.7 Å². The van der Waals surface area contributed by atoms with Gasteiger partial charge in [-0.1, -0.05) is 36.2 Å². The van der Waals surface area contributed by atoms with E-state index in [9.17, 15) is 0 Å². The van der Waals surface area contributed by atoms with Crippen molar-refractivity contribution in [3.8, 4) is 11.3 Å². The first kappa shape index (κ1) is 12.7. The van der Waals surface area contributed by atoms with Crippen LogP contribution in [0.3, 0.4) is 0 Å². The van der Waals surface area contributed by atoms with E-state index in [1.807, 2.05) is 30.5 Å². The van der Waals surface area contributed by atoms with Crippen LogP contribution in [0.15, 0.2) is 30.5 Å². The molecule has 0 spiro atoms. The average Bonchev–Trinajstić information content (AvgIpc) is 2.89. The molecule has 1 saturated carbocycles. The Morgan fingerprint density at radius 1 is 1.26 bits per heavy atom. The van der Waals surface area contributed by atoms with Crippen LogP contribution in [0.2, 0.25) is 5.02 Å². The van der Waals surface area contributed by atoms with E-state index in [1.165, 1.54) is 12.8 Å². The van der Waals surface area contributed by atoms with Crippen LogP contribution in [0.5, 0.6) is 0 Å². The molecule has 1 aromatic carbocycles. The Labute approximate surface area is 118 Å². The molecule has 2 atom stereocenters. The van der Waals surface area contributed by atoms with Gasteiger partial charge in [-0.2, -0.15) is 0 Å². The minimum Gasteiger partial charge on any atom is -0.342 e. The summed E-state index contributed by atoms with van der Waals surface area (Å²) in [5, 5.41) is 0.748. The summed E-state index contributed by atoms with van der Waals surface area (Å²) in [5.41, 5.74) is 8.03. The van der Waals surface area contributed by atoms with Gasteiger partial charge < -0.3 is 10.7 Å². The van der Waals surface area contributed by atoms with Crippen LogP contribution < -0.4 is 5.73 Å². The summed E-state index contributed by atoms with van der Waals surface area (Å²) in [6, 6.07) is 8.13. The molecule has 1 heterocycles.